The summed E-state index contributed by atoms with van der Waals surface area (Å²) in [4.78, 5) is 0. The highest BCUT2D eigenvalue weighted by atomic mass is 35.5. The maximum Gasteiger partial charge on any atom is 0.0828 e. The summed E-state index contributed by atoms with van der Waals surface area (Å²) in [6, 6.07) is 7.79. The van der Waals surface area contributed by atoms with Gasteiger partial charge in [0.05, 0.1) is 15.7 Å². The topological polar surface area (TPSA) is 30.9 Å². The first kappa shape index (κ1) is 12.1. The second kappa shape index (κ2) is 4.61. The lowest BCUT2D eigenvalue weighted by molar-refractivity contribution is 0.560. The molecule has 1 aromatic heterocycles. The molecule has 0 bridgehead atoms. The molecule has 94 valence electrons. The van der Waals surface area contributed by atoms with Gasteiger partial charge in [0.1, 0.15) is 0 Å². The van der Waals surface area contributed by atoms with E-state index in [0.29, 0.717) is 10.0 Å². The number of benzene rings is 1. The van der Waals surface area contributed by atoms with E-state index in [0.717, 1.165) is 24.9 Å². The fraction of sp³-hybridized carbons (Fsp3) is 0.286. The second-order valence-electron chi connectivity index (χ2n) is 4.66. The highest BCUT2D eigenvalue weighted by Crippen LogP contribution is 2.35. The lowest BCUT2D eigenvalue weighted by atomic mass is 9.93. The summed E-state index contributed by atoms with van der Waals surface area (Å²) in [5.41, 5.74) is 9.45. The molecule has 1 heterocycles. The van der Waals surface area contributed by atoms with Crippen molar-refractivity contribution < 1.29 is 0 Å². The monoisotopic (exact) mass is 280 g/mol. The van der Waals surface area contributed by atoms with Crippen molar-refractivity contribution >= 4 is 23.2 Å². The van der Waals surface area contributed by atoms with Crippen molar-refractivity contribution in [2.75, 3.05) is 0 Å². The number of aromatic nitrogens is 1. The van der Waals surface area contributed by atoms with Gasteiger partial charge in [-0.05, 0) is 43.0 Å². The third-order valence-electron chi connectivity index (χ3n) is 3.53. The molecule has 0 fully saturated rings. The van der Waals surface area contributed by atoms with Crippen LogP contribution in [0.4, 0.5) is 0 Å². The van der Waals surface area contributed by atoms with Crippen LogP contribution in [-0.4, -0.2) is 4.57 Å². The van der Waals surface area contributed by atoms with Crippen LogP contribution in [0.5, 0.6) is 0 Å². The normalized spacial score (nSPS) is 18.7. The zero-order valence-corrected chi connectivity index (χ0v) is 11.4. The first-order valence-electron chi connectivity index (χ1n) is 6.08. The largest absolute Gasteiger partial charge is 0.324 e. The number of nitrogens with two attached hydrogens (primary N) is 1. The van der Waals surface area contributed by atoms with Crippen molar-refractivity contribution in [1.82, 2.24) is 4.57 Å². The number of nitrogens with zero attached hydrogens (tertiary/aromatic N) is 1. The Morgan fingerprint density at radius 3 is 2.61 bits per heavy atom. The average molecular weight is 281 g/mol. The van der Waals surface area contributed by atoms with Crippen LogP contribution in [0.25, 0.3) is 5.69 Å². The number of hydrogen-bond donors (Lipinski definition) is 1. The van der Waals surface area contributed by atoms with Gasteiger partial charge in [0.15, 0.2) is 0 Å². The van der Waals surface area contributed by atoms with Gasteiger partial charge in [-0.3, -0.25) is 0 Å². The maximum absolute atomic E-state index is 6.26. The summed E-state index contributed by atoms with van der Waals surface area (Å²) >= 11 is 12.5. The summed E-state index contributed by atoms with van der Waals surface area (Å²) in [6.45, 7) is 0. The van der Waals surface area contributed by atoms with E-state index in [1.165, 1.54) is 11.3 Å². The van der Waals surface area contributed by atoms with Crippen molar-refractivity contribution in [3.8, 4) is 5.69 Å². The molecule has 2 nitrogen and oxygen atoms in total. The van der Waals surface area contributed by atoms with Gasteiger partial charge in [0.2, 0.25) is 0 Å². The molecule has 1 aromatic carbocycles. The van der Waals surface area contributed by atoms with Crippen molar-refractivity contribution in [2.24, 2.45) is 5.73 Å². The number of halogens is 2. The molecule has 0 radical (unpaired) electrons. The molecular weight excluding hydrogens is 267 g/mol. The van der Waals surface area contributed by atoms with Crippen molar-refractivity contribution in [2.45, 2.75) is 25.3 Å². The summed E-state index contributed by atoms with van der Waals surface area (Å²) < 4.78 is 2.08. The Hall–Kier alpha value is -0.960. The third-order valence-corrected chi connectivity index (χ3v) is 4.14. The van der Waals surface area contributed by atoms with E-state index in [4.69, 9.17) is 28.9 Å². The summed E-state index contributed by atoms with van der Waals surface area (Å²) in [5.74, 6) is 0. The number of fused-ring (bicyclic) bond motifs is 1. The number of rotatable bonds is 1. The highest BCUT2D eigenvalue weighted by Gasteiger charge is 2.22. The molecule has 1 aliphatic rings. The molecule has 2 N–H and O–H groups in total. The predicted molar refractivity (Wildman–Crippen MR) is 75.7 cm³/mol. The SMILES string of the molecule is NC1CCCc2c1ccn2-c1c(Cl)cccc1Cl. The van der Waals surface area contributed by atoms with Crippen LogP contribution in [-0.2, 0) is 6.42 Å². The molecule has 0 amide bonds. The maximum atomic E-state index is 6.26. The van der Waals surface area contributed by atoms with E-state index in [9.17, 15) is 0 Å². The number of hydrogen-bond acceptors (Lipinski definition) is 1. The van der Waals surface area contributed by atoms with E-state index in [1.54, 1.807) is 0 Å². The smallest absolute Gasteiger partial charge is 0.0828 e. The molecule has 4 heteroatoms. The zero-order valence-electron chi connectivity index (χ0n) is 9.87. The Bertz CT molecular complexity index is 569. The van der Waals surface area contributed by atoms with Crippen LogP contribution < -0.4 is 5.73 Å². The fourth-order valence-electron chi connectivity index (χ4n) is 2.66. The third kappa shape index (κ3) is 1.85. The standard InChI is InChI=1S/C14H14Cl2N2/c15-10-3-1-4-11(16)14(10)18-8-7-9-12(17)5-2-6-13(9)18/h1,3-4,7-8,12H,2,5-6,17H2. The van der Waals surface area contributed by atoms with Crippen LogP contribution in [0.2, 0.25) is 10.0 Å². The molecule has 0 saturated carbocycles. The molecule has 1 atom stereocenters. The second-order valence-corrected chi connectivity index (χ2v) is 5.47. The minimum Gasteiger partial charge on any atom is -0.324 e. The van der Waals surface area contributed by atoms with E-state index in [-0.39, 0.29) is 6.04 Å². The predicted octanol–water partition coefficient (Wildman–Crippen LogP) is 4.12. The van der Waals surface area contributed by atoms with Crippen molar-refractivity contribution in [1.29, 1.82) is 0 Å². The molecule has 0 spiro atoms. The summed E-state index contributed by atoms with van der Waals surface area (Å²) in [6.07, 6.45) is 5.20. The summed E-state index contributed by atoms with van der Waals surface area (Å²) in [5, 5.41) is 1.33. The van der Waals surface area contributed by atoms with Crippen molar-refractivity contribution in [3.63, 3.8) is 0 Å². The van der Waals surface area contributed by atoms with E-state index >= 15 is 0 Å². The van der Waals surface area contributed by atoms with Crippen LogP contribution >= 0.6 is 23.2 Å². The minimum atomic E-state index is 0.135. The molecule has 1 unspecified atom stereocenters. The fourth-order valence-corrected chi connectivity index (χ4v) is 3.24. The highest BCUT2D eigenvalue weighted by molar-refractivity contribution is 6.37. The van der Waals surface area contributed by atoms with Gasteiger partial charge in [0, 0.05) is 17.9 Å². The lowest BCUT2D eigenvalue weighted by Gasteiger charge is -2.21. The molecular formula is C14H14Cl2N2. The molecule has 1 aliphatic carbocycles. The van der Waals surface area contributed by atoms with E-state index in [1.807, 2.05) is 24.4 Å². The number of para-hydroxylation sites is 1. The van der Waals surface area contributed by atoms with Gasteiger partial charge in [-0.25, -0.2) is 0 Å². The van der Waals surface area contributed by atoms with Crippen molar-refractivity contribution in [3.05, 3.63) is 51.8 Å². The Kier molecular flexibility index (Phi) is 3.10. The van der Waals surface area contributed by atoms with E-state index < -0.39 is 0 Å². The Morgan fingerprint density at radius 2 is 1.89 bits per heavy atom. The van der Waals surface area contributed by atoms with Crippen LogP contribution in [0.15, 0.2) is 30.5 Å². The van der Waals surface area contributed by atoms with Crippen LogP contribution in [0, 0.1) is 0 Å². The first-order chi connectivity index (χ1) is 8.68. The molecule has 2 aromatic rings. The van der Waals surface area contributed by atoms with Crippen LogP contribution in [0.3, 0.4) is 0 Å². The Balaban J connectivity index is 2.19. The van der Waals surface area contributed by atoms with Gasteiger partial charge >= 0.3 is 0 Å². The minimum absolute atomic E-state index is 0.135. The average Bonchev–Trinajstić information content (AvgIpc) is 2.75. The molecule has 3 rings (SSSR count). The zero-order chi connectivity index (χ0) is 12.7. The molecule has 0 saturated heterocycles. The van der Waals surface area contributed by atoms with Crippen LogP contribution in [0.1, 0.15) is 30.1 Å². The quantitative estimate of drug-likeness (QED) is 0.837. The lowest BCUT2D eigenvalue weighted by Crippen LogP contribution is -2.18. The Labute approximate surface area is 116 Å². The van der Waals surface area contributed by atoms with Gasteiger partial charge in [-0.15, -0.1) is 0 Å². The van der Waals surface area contributed by atoms with E-state index in [2.05, 4.69) is 10.6 Å². The van der Waals surface area contributed by atoms with Gasteiger partial charge in [-0.2, -0.15) is 0 Å². The Morgan fingerprint density at radius 1 is 1.17 bits per heavy atom. The van der Waals surface area contributed by atoms with Gasteiger partial charge < -0.3 is 10.3 Å². The molecule has 18 heavy (non-hydrogen) atoms. The van der Waals surface area contributed by atoms with Gasteiger partial charge in [0.25, 0.3) is 0 Å². The molecule has 0 aliphatic heterocycles. The summed E-state index contributed by atoms with van der Waals surface area (Å²) in [7, 11) is 0. The van der Waals surface area contributed by atoms with Gasteiger partial charge in [-0.1, -0.05) is 29.3 Å². The first-order valence-corrected chi connectivity index (χ1v) is 6.84.